The van der Waals surface area contributed by atoms with Crippen LogP contribution in [-0.4, -0.2) is 16.9 Å². The van der Waals surface area contributed by atoms with Crippen molar-refractivity contribution in [2.45, 2.75) is 6.18 Å². The molecule has 0 aliphatic rings. The maximum Gasteiger partial charge on any atom is 0.435 e. The Kier molecular flexibility index (Phi) is 2.79. The number of aromatic nitrogens is 2. The first-order valence-electron chi connectivity index (χ1n) is 4.78. The average Bonchev–Trinajstić information content (AvgIpc) is 2.78. The maximum absolute atomic E-state index is 12.4. The maximum atomic E-state index is 12.4. The largest absolute Gasteiger partial charge is 0.497 e. The highest BCUT2D eigenvalue weighted by molar-refractivity contribution is 5.38. The van der Waals surface area contributed by atoms with Crippen LogP contribution in [-0.2, 0) is 6.18 Å². The number of nitrogens with zero attached hydrogens (tertiary/aromatic N) is 2. The van der Waals surface area contributed by atoms with E-state index in [9.17, 15) is 13.2 Å². The molecule has 0 radical (unpaired) electrons. The highest BCUT2D eigenvalue weighted by Gasteiger charge is 2.33. The third kappa shape index (κ3) is 2.41. The van der Waals surface area contributed by atoms with Gasteiger partial charge in [-0.25, -0.2) is 4.68 Å². The lowest BCUT2D eigenvalue weighted by molar-refractivity contribution is -0.141. The molecule has 0 saturated heterocycles. The summed E-state index contributed by atoms with van der Waals surface area (Å²) in [6, 6.07) is 7.57. The smallest absolute Gasteiger partial charge is 0.435 e. The van der Waals surface area contributed by atoms with Crippen molar-refractivity contribution in [2.24, 2.45) is 0 Å². The van der Waals surface area contributed by atoms with Crippen LogP contribution in [0.5, 0.6) is 5.75 Å². The van der Waals surface area contributed by atoms with Crippen molar-refractivity contribution in [1.29, 1.82) is 0 Å². The summed E-state index contributed by atoms with van der Waals surface area (Å²) < 4.78 is 43.2. The van der Waals surface area contributed by atoms with Crippen LogP contribution in [0.3, 0.4) is 0 Å². The van der Waals surface area contributed by atoms with E-state index in [0.29, 0.717) is 11.4 Å². The Bertz CT molecular complexity index is 519. The van der Waals surface area contributed by atoms with Crippen molar-refractivity contribution in [2.75, 3.05) is 7.11 Å². The fraction of sp³-hybridized carbons (Fsp3) is 0.182. The van der Waals surface area contributed by atoms with E-state index < -0.39 is 11.9 Å². The zero-order valence-corrected chi connectivity index (χ0v) is 8.90. The number of hydrogen-bond donors (Lipinski definition) is 0. The molecule has 1 aromatic carbocycles. The zero-order chi connectivity index (χ0) is 12.5. The van der Waals surface area contributed by atoms with Crippen LogP contribution in [0, 0.1) is 0 Å². The van der Waals surface area contributed by atoms with Crippen molar-refractivity contribution in [3.8, 4) is 11.4 Å². The SMILES string of the molecule is COc1cccc(-n2ccc(C(F)(F)F)n2)c1. The number of methoxy groups -OCH3 is 1. The van der Waals surface area contributed by atoms with Crippen molar-refractivity contribution < 1.29 is 17.9 Å². The van der Waals surface area contributed by atoms with Crippen LogP contribution in [0.25, 0.3) is 5.69 Å². The second-order valence-corrected chi connectivity index (χ2v) is 3.34. The topological polar surface area (TPSA) is 27.1 Å². The standard InChI is InChI=1S/C11H9F3N2O/c1-17-9-4-2-3-8(7-9)16-6-5-10(15-16)11(12,13)14/h2-7H,1H3. The molecule has 0 amide bonds. The van der Waals surface area contributed by atoms with Crippen molar-refractivity contribution in [1.82, 2.24) is 9.78 Å². The average molecular weight is 242 g/mol. The summed E-state index contributed by atoms with van der Waals surface area (Å²) in [7, 11) is 1.49. The van der Waals surface area contributed by atoms with Crippen LogP contribution in [0.2, 0.25) is 0 Å². The lowest BCUT2D eigenvalue weighted by Crippen LogP contribution is -2.07. The quantitative estimate of drug-likeness (QED) is 0.809. The van der Waals surface area contributed by atoms with Gasteiger partial charge in [-0.3, -0.25) is 0 Å². The fourth-order valence-corrected chi connectivity index (χ4v) is 1.37. The Morgan fingerprint density at radius 2 is 2.00 bits per heavy atom. The molecule has 17 heavy (non-hydrogen) atoms. The van der Waals surface area contributed by atoms with Crippen molar-refractivity contribution in [3.63, 3.8) is 0 Å². The predicted molar refractivity (Wildman–Crippen MR) is 55.1 cm³/mol. The van der Waals surface area contributed by atoms with E-state index in [4.69, 9.17) is 4.74 Å². The molecule has 1 aromatic heterocycles. The van der Waals surface area contributed by atoms with E-state index in [1.54, 1.807) is 24.3 Å². The molecule has 0 aliphatic heterocycles. The van der Waals surface area contributed by atoms with Gasteiger partial charge in [-0.05, 0) is 18.2 Å². The highest BCUT2D eigenvalue weighted by atomic mass is 19.4. The zero-order valence-electron chi connectivity index (χ0n) is 8.90. The van der Waals surface area contributed by atoms with Gasteiger partial charge in [0, 0.05) is 12.3 Å². The van der Waals surface area contributed by atoms with Gasteiger partial charge in [0.15, 0.2) is 5.69 Å². The van der Waals surface area contributed by atoms with E-state index in [1.807, 2.05) is 0 Å². The van der Waals surface area contributed by atoms with Crippen LogP contribution >= 0.6 is 0 Å². The van der Waals surface area contributed by atoms with Crippen LogP contribution in [0.4, 0.5) is 13.2 Å². The van der Waals surface area contributed by atoms with Crippen LogP contribution < -0.4 is 4.74 Å². The summed E-state index contributed by atoms with van der Waals surface area (Å²) >= 11 is 0. The molecular formula is C11H9F3N2O. The molecule has 90 valence electrons. The summed E-state index contributed by atoms with van der Waals surface area (Å²) in [5.41, 5.74) is -0.403. The molecule has 0 atom stereocenters. The Labute approximate surface area is 95.4 Å². The minimum atomic E-state index is -4.43. The van der Waals surface area contributed by atoms with E-state index in [0.717, 1.165) is 10.7 Å². The van der Waals surface area contributed by atoms with Gasteiger partial charge < -0.3 is 4.74 Å². The number of rotatable bonds is 2. The number of alkyl halides is 3. The van der Waals surface area contributed by atoms with Gasteiger partial charge >= 0.3 is 6.18 Å². The molecule has 0 unspecified atom stereocenters. The normalized spacial score (nSPS) is 11.5. The summed E-state index contributed by atoms with van der Waals surface area (Å²) in [5, 5.41) is 3.46. The van der Waals surface area contributed by atoms with Gasteiger partial charge in [0.25, 0.3) is 0 Å². The van der Waals surface area contributed by atoms with E-state index >= 15 is 0 Å². The molecule has 0 N–H and O–H groups in total. The molecule has 2 rings (SSSR count). The van der Waals surface area contributed by atoms with Gasteiger partial charge in [0.1, 0.15) is 5.75 Å². The summed E-state index contributed by atoms with van der Waals surface area (Å²) in [6.45, 7) is 0. The molecule has 2 aromatic rings. The number of halogens is 3. The van der Waals surface area contributed by atoms with Crippen molar-refractivity contribution >= 4 is 0 Å². The third-order valence-corrected chi connectivity index (χ3v) is 2.20. The van der Waals surface area contributed by atoms with Gasteiger partial charge in [0.05, 0.1) is 12.8 Å². The van der Waals surface area contributed by atoms with Crippen molar-refractivity contribution in [3.05, 3.63) is 42.2 Å². The summed E-state index contributed by atoms with van der Waals surface area (Å²) in [5.74, 6) is 0.562. The Hall–Kier alpha value is -1.98. The molecular weight excluding hydrogens is 233 g/mol. The minimum Gasteiger partial charge on any atom is -0.497 e. The Balaban J connectivity index is 2.37. The van der Waals surface area contributed by atoms with Gasteiger partial charge in [-0.15, -0.1) is 0 Å². The first-order valence-corrected chi connectivity index (χ1v) is 4.78. The number of ether oxygens (including phenoxy) is 1. The summed E-state index contributed by atoms with van der Waals surface area (Å²) in [6.07, 6.45) is -3.16. The second-order valence-electron chi connectivity index (χ2n) is 3.34. The number of hydrogen-bond acceptors (Lipinski definition) is 2. The fourth-order valence-electron chi connectivity index (χ4n) is 1.37. The van der Waals surface area contributed by atoms with Crippen LogP contribution in [0.15, 0.2) is 36.5 Å². The molecule has 3 nitrogen and oxygen atoms in total. The lowest BCUT2D eigenvalue weighted by atomic mass is 10.3. The van der Waals surface area contributed by atoms with E-state index in [2.05, 4.69) is 5.10 Å². The van der Waals surface area contributed by atoms with Gasteiger partial charge in [-0.1, -0.05) is 6.07 Å². The lowest BCUT2D eigenvalue weighted by Gasteiger charge is -2.05. The molecule has 0 aliphatic carbocycles. The predicted octanol–water partition coefficient (Wildman–Crippen LogP) is 2.90. The molecule has 0 bridgehead atoms. The molecule has 0 spiro atoms. The monoisotopic (exact) mass is 242 g/mol. The molecule has 0 fully saturated rings. The highest BCUT2D eigenvalue weighted by Crippen LogP contribution is 2.28. The Morgan fingerprint density at radius 3 is 2.59 bits per heavy atom. The molecule has 0 saturated carbocycles. The van der Waals surface area contributed by atoms with Gasteiger partial charge in [-0.2, -0.15) is 18.3 Å². The summed E-state index contributed by atoms with van der Waals surface area (Å²) in [4.78, 5) is 0. The van der Waals surface area contributed by atoms with E-state index in [1.165, 1.54) is 13.3 Å². The second kappa shape index (κ2) is 4.12. The first kappa shape index (κ1) is 11.5. The Morgan fingerprint density at radius 1 is 1.24 bits per heavy atom. The third-order valence-electron chi connectivity index (χ3n) is 2.20. The minimum absolute atomic E-state index is 0.514. The molecule has 1 heterocycles. The van der Waals surface area contributed by atoms with E-state index in [-0.39, 0.29) is 0 Å². The first-order chi connectivity index (χ1) is 8.00. The number of benzene rings is 1. The van der Waals surface area contributed by atoms with Crippen LogP contribution in [0.1, 0.15) is 5.69 Å². The molecule has 6 heteroatoms. The van der Waals surface area contributed by atoms with Gasteiger partial charge in [0.2, 0.25) is 0 Å².